The van der Waals surface area contributed by atoms with Crippen molar-refractivity contribution in [3.63, 3.8) is 0 Å². The zero-order valence-corrected chi connectivity index (χ0v) is 19.2. The number of hydrogen-bond acceptors (Lipinski definition) is 5. The lowest BCUT2D eigenvalue weighted by Gasteiger charge is -2.09. The Morgan fingerprint density at radius 2 is 1.55 bits per heavy atom. The Kier molecular flexibility index (Phi) is 9.06. The molecule has 0 bridgehead atoms. The summed E-state index contributed by atoms with van der Waals surface area (Å²) in [5, 5.41) is 0. The maximum atomic E-state index is 12.4. The Hall–Kier alpha value is -2.86. The second-order valence-corrected chi connectivity index (χ2v) is 9.57. The number of hydrogen-bond donors (Lipinski definition) is 0. The van der Waals surface area contributed by atoms with Crippen molar-refractivity contribution in [2.75, 3.05) is 19.0 Å². The molecule has 0 fully saturated rings. The van der Waals surface area contributed by atoms with Crippen LogP contribution in [0.2, 0.25) is 0 Å². The first-order chi connectivity index (χ1) is 14.7. The molecule has 0 N–H and O–H groups in total. The van der Waals surface area contributed by atoms with Crippen molar-refractivity contribution in [3.05, 3.63) is 71.8 Å². The van der Waals surface area contributed by atoms with Gasteiger partial charge in [0.15, 0.2) is 9.84 Å². The largest absolute Gasteiger partial charge is 0.490 e. The molecule has 0 aliphatic carbocycles. The average Bonchev–Trinajstić information content (AvgIpc) is 2.75. The highest BCUT2D eigenvalue weighted by Gasteiger charge is 2.17. The van der Waals surface area contributed by atoms with Crippen LogP contribution < -0.4 is 4.74 Å². The minimum atomic E-state index is -3.25. The Morgan fingerprint density at radius 3 is 2.06 bits per heavy atom. The first kappa shape index (κ1) is 24.4. The summed E-state index contributed by atoms with van der Waals surface area (Å²) >= 11 is 0. The molecule has 5 nitrogen and oxygen atoms in total. The molecule has 2 aromatic carbocycles. The fraction of sp³-hybridized carbons (Fsp3) is 0.320. The van der Waals surface area contributed by atoms with Gasteiger partial charge in [-0.1, -0.05) is 63.3 Å². The summed E-state index contributed by atoms with van der Waals surface area (Å²) in [6.07, 6.45) is 4.71. The van der Waals surface area contributed by atoms with E-state index in [2.05, 4.69) is 6.58 Å². The summed E-state index contributed by atoms with van der Waals surface area (Å²) in [7, 11) is -3.25. The van der Waals surface area contributed by atoms with Gasteiger partial charge < -0.3 is 9.47 Å². The van der Waals surface area contributed by atoms with E-state index in [4.69, 9.17) is 9.47 Å². The summed E-state index contributed by atoms with van der Waals surface area (Å²) in [6, 6.07) is 14.4. The van der Waals surface area contributed by atoms with Crippen molar-refractivity contribution in [1.82, 2.24) is 0 Å². The highest BCUT2D eigenvalue weighted by atomic mass is 32.2. The fourth-order valence-electron chi connectivity index (χ4n) is 2.66. The van der Waals surface area contributed by atoms with Crippen LogP contribution in [0.3, 0.4) is 0 Å². The van der Waals surface area contributed by atoms with Gasteiger partial charge in [0.2, 0.25) is 0 Å². The Morgan fingerprint density at radius 1 is 1.00 bits per heavy atom. The van der Waals surface area contributed by atoms with E-state index >= 15 is 0 Å². The van der Waals surface area contributed by atoms with Gasteiger partial charge in [0.05, 0.1) is 10.6 Å². The van der Waals surface area contributed by atoms with Gasteiger partial charge >= 0.3 is 5.97 Å². The van der Waals surface area contributed by atoms with Gasteiger partial charge in [0, 0.05) is 5.57 Å². The van der Waals surface area contributed by atoms with E-state index in [0.717, 1.165) is 17.5 Å². The second kappa shape index (κ2) is 11.5. The zero-order valence-electron chi connectivity index (χ0n) is 18.3. The lowest BCUT2D eigenvalue weighted by molar-refractivity contribution is -0.139. The van der Waals surface area contributed by atoms with Gasteiger partial charge in [-0.05, 0) is 48.2 Å². The Bertz CT molecular complexity index is 1000. The van der Waals surface area contributed by atoms with Crippen molar-refractivity contribution >= 4 is 28.0 Å². The molecule has 0 heterocycles. The van der Waals surface area contributed by atoms with Gasteiger partial charge in [-0.25, -0.2) is 13.2 Å². The predicted molar refractivity (Wildman–Crippen MR) is 125 cm³/mol. The molecule has 31 heavy (non-hydrogen) atoms. The zero-order chi connectivity index (χ0) is 22.9. The van der Waals surface area contributed by atoms with E-state index in [-0.39, 0.29) is 24.9 Å². The summed E-state index contributed by atoms with van der Waals surface area (Å²) in [5.41, 5.74) is 2.26. The van der Waals surface area contributed by atoms with Crippen LogP contribution in [0.15, 0.2) is 65.6 Å². The number of carbonyl (C=O) groups is 1. The van der Waals surface area contributed by atoms with Crippen LogP contribution in [-0.2, 0) is 19.4 Å². The number of esters is 1. The van der Waals surface area contributed by atoms with Crippen LogP contribution in [0, 0.1) is 5.92 Å². The van der Waals surface area contributed by atoms with Gasteiger partial charge in [0.25, 0.3) is 0 Å². The Labute approximate surface area is 185 Å². The monoisotopic (exact) mass is 442 g/mol. The molecule has 0 saturated heterocycles. The van der Waals surface area contributed by atoms with Crippen molar-refractivity contribution in [3.8, 4) is 5.75 Å². The number of ether oxygens (including phenoxy) is 2. The standard InChI is InChI=1S/C25H30O5S/c1-5-20(4)18-31(27,28)24-14-10-22(11-15-24)7-6-21-8-12-23(13-9-21)29-16-17-30-25(26)19(2)3/h6-15,20H,2,5,16-18H2,1,3-4H3/t20-/m1/s1. The van der Waals surface area contributed by atoms with E-state index in [1.807, 2.05) is 62.4 Å². The van der Waals surface area contributed by atoms with E-state index < -0.39 is 15.8 Å². The van der Waals surface area contributed by atoms with Gasteiger partial charge in [-0.3, -0.25) is 0 Å². The van der Waals surface area contributed by atoms with Crippen LogP contribution >= 0.6 is 0 Å². The van der Waals surface area contributed by atoms with Crippen LogP contribution in [0.1, 0.15) is 38.3 Å². The molecule has 6 heteroatoms. The highest BCUT2D eigenvalue weighted by Crippen LogP contribution is 2.18. The molecule has 0 amide bonds. The second-order valence-electron chi connectivity index (χ2n) is 7.53. The smallest absolute Gasteiger partial charge is 0.333 e. The molecule has 0 radical (unpaired) electrons. The molecule has 0 unspecified atom stereocenters. The van der Waals surface area contributed by atoms with E-state index in [1.54, 1.807) is 19.1 Å². The first-order valence-electron chi connectivity index (χ1n) is 10.3. The normalized spacial score (nSPS) is 12.5. The molecule has 0 aliphatic rings. The van der Waals surface area contributed by atoms with Crippen LogP contribution in [-0.4, -0.2) is 33.4 Å². The molecule has 0 aromatic heterocycles. The Balaban J connectivity index is 1.89. The minimum absolute atomic E-state index is 0.142. The molecule has 0 aliphatic heterocycles. The van der Waals surface area contributed by atoms with Crippen LogP contribution in [0.25, 0.3) is 12.2 Å². The summed E-state index contributed by atoms with van der Waals surface area (Å²) < 4.78 is 35.4. The molecule has 1 atom stereocenters. The molecular formula is C25H30O5S. The van der Waals surface area contributed by atoms with Crippen molar-refractivity contribution in [1.29, 1.82) is 0 Å². The lowest BCUT2D eigenvalue weighted by atomic mass is 10.1. The van der Waals surface area contributed by atoms with Crippen LogP contribution in [0.5, 0.6) is 5.75 Å². The lowest BCUT2D eigenvalue weighted by Crippen LogP contribution is -2.13. The fourth-order valence-corrected chi connectivity index (χ4v) is 4.39. The number of rotatable bonds is 11. The SMILES string of the molecule is C=C(C)C(=O)OCCOc1ccc(C=Cc2ccc(S(=O)(=O)C[C@H](C)CC)cc2)cc1. The molecule has 2 aromatic rings. The van der Waals surface area contributed by atoms with E-state index in [9.17, 15) is 13.2 Å². The minimum Gasteiger partial charge on any atom is -0.490 e. The van der Waals surface area contributed by atoms with Gasteiger partial charge in [-0.15, -0.1) is 0 Å². The predicted octanol–water partition coefficient (Wildman–Crippen LogP) is 5.17. The highest BCUT2D eigenvalue weighted by molar-refractivity contribution is 7.91. The third-order valence-electron chi connectivity index (χ3n) is 4.72. The summed E-state index contributed by atoms with van der Waals surface area (Å²) in [4.78, 5) is 11.7. The number of sulfone groups is 1. The van der Waals surface area contributed by atoms with Crippen molar-refractivity contribution in [2.24, 2.45) is 5.92 Å². The van der Waals surface area contributed by atoms with Crippen molar-refractivity contribution in [2.45, 2.75) is 32.1 Å². The average molecular weight is 443 g/mol. The number of benzene rings is 2. The van der Waals surface area contributed by atoms with Crippen molar-refractivity contribution < 1.29 is 22.7 Å². The van der Waals surface area contributed by atoms with Crippen LogP contribution in [0.4, 0.5) is 0 Å². The summed E-state index contributed by atoms with van der Waals surface area (Å²) in [5.74, 6) is 0.566. The maximum absolute atomic E-state index is 12.4. The molecule has 0 saturated carbocycles. The molecule has 0 spiro atoms. The topological polar surface area (TPSA) is 69.7 Å². The molecule has 2 rings (SSSR count). The van der Waals surface area contributed by atoms with Gasteiger partial charge in [0.1, 0.15) is 19.0 Å². The van der Waals surface area contributed by atoms with E-state index in [1.165, 1.54) is 0 Å². The molecule has 166 valence electrons. The third-order valence-corrected chi connectivity index (χ3v) is 6.72. The quantitative estimate of drug-likeness (QED) is 0.208. The maximum Gasteiger partial charge on any atom is 0.333 e. The first-order valence-corrected chi connectivity index (χ1v) is 11.9. The van der Waals surface area contributed by atoms with Gasteiger partial charge in [-0.2, -0.15) is 0 Å². The molecular weight excluding hydrogens is 412 g/mol. The third kappa shape index (κ3) is 8.06. The summed E-state index contributed by atoms with van der Waals surface area (Å²) in [6.45, 7) is 9.49. The van der Waals surface area contributed by atoms with E-state index in [0.29, 0.717) is 16.2 Å². The number of carbonyl (C=O) groups excluding carboxylic acids is 1.